The molecule has 0 amide bonds. The largest absolute Gasteiger partial charge is 0.318 e. The Kier molecular flexibility index (Phi) is 3.30. The Labute approximate surface area is 97.9 Å². The molecule has 2 heteroatoms. The van der Waals surface area contributed by atoms with Crippen LogP contribution in [0.1, 0.15) is 31.7 Å². The van der Waals surface area contributed by atoms with Crippen molar-refractivity contribution in [3.05, 3.63) is 42.5 Å². The normalized spacial score (nSPS) is 24.6. The van der Waals surface area contributed by atoms with Gasteiger partial charge in [0.15, 0.2) is 0 Å². The Hall–Kier alpha value is -1.28. The van der Waals surface area contributed by atoms with Crippen LogP contribution in [-0.2, 0) is 0 Å². The molecule has 1 N–H and O–H groups in total. The minimum atomic E-state index is 0.512. The van der Waals surface area contributed by atoms with Crippen molar-refractivity contribution in [2.45, 2.75) is 32.2 Å². The zero-order chi connectivity index (χ0) is 11.5. The van der Waals surface area contributed by atoms with E-state index in [-0.39, 0.29) is 0 Å². The van der Waals surface area contributed by atoms with Crippen LogP contribution in [0.4, 0.5) is 5.69 Å². The van der Waals surface area contributed by atoms with Crippen LogP contribution in [0.2, 0.25) is 0 Å². The standard InChI is InChI=1S/C14H20N2/c1-4-8-12-11(3)16(5-2)15-14-10-7-6-9-13(12)14/h4,6-7,9-12,15H,1,5,8H2,2-3H3/t11-,12?/m0/s1. The predicted molar refractivity (Wildman–Crippen MR) is 69.5 cm³/mol. The van der Waals surface area contributed by atoms with E-state index in [0.717, 1.165) is 13.0 Å². The smallest absolute Gasteiger partial charge is 0.0525 e. The van der Waals surface area contributed by atoms with Crippen molar-refractivity contribution in [3.8, 4) is 0 Å². The number of nitrogens with one attached hydrogen (secondary N) is 1. The van der Waals surface area contributed by atoms with Gasteiger partial charge >= 0.3 is 0 Å². The summed E-state index contributed by atoms with van der Waals surface area (Å²) >= 11 is 0. The predicted octanol–water partition coefficient (Wildman–Crippen LogP) is 3.40. The van der Waals surface area contributed by atoms with Gasteiger partial charge in [-0.3, -0.25) is 0 Å². The number of fused-ring (bicyclic) bond motifs is 1. The maximum Gasteiger partial charge on any atom is 0.0525 e. The van der Waals surface area contributed by atoms with Gasteiger partial charge in [-0.2, -0.15) is 0 Å². The Morgan fingerprint density at radius 2 is 2.19 bits per heavy atom. The second kappa shape index (κ2) is 4.71. The van der Waals surface area contributed by atoms with Crippen molar-refractivity contribution >= 4 is 5.69 Å². The highest BCUT2D eigenvalue weighted by atomic mass is 15.5. The van der Waals surface area contributed by atoms with Crippen LogP contribution in [0.15, 0.2) is 36.9 Å². The fraction of sp³-hybridized carbons (Fsp3) is 0.429. The van der Waals surface area contributed by atoms with Crippen LogP contribution in [0.25, 0.3) is 0 Å². The molecular weight excluding hydrogens is 196 g/mol. The molecule has 1 aromatic rings. The maximum absolute atomic E-state index is 3.87. The molecule has 2 atom stereocenters. The molecule has 16 heavy (non-hydrogen) atoms. The zero-order valence-corrected chi connectivity index (χ0v) is 10.1. The highest BCUT2D eigenvalue weighted by molar-refractivity contribution is 5.54. The Bertz CT molecular complexity index is 373. The fourth-order valence-electron chi connectivity index (χ4n) is 2.53. The summed E-state index contributed by atoms with van der Waals surface area (Å²) in [7, 11) is 0. The first kappa shape index (κ1) is 11.2. The number of likely N-dealkylation sites (N-methyl/N-ethyl adjacent to an activating group) is 1. The van der Waals surface area contributed by atoms with E-state index in [4.69, 9.17) is 0 Å². The summed E-state index contributed by atoms with van der Waals surface area (Å²) in [6.45, 7) is 9.35. The lowest BCUT2D eigenvalue weighted by molar-refractivity contribution is 0.220. The molecule has 0 aliphatic carbocycles. The molecule has 0 saturated heterocycles. The topological polar surface area (TPSA) is 15.3 Å². The number of anilines is 1. The second-order valence-electron chi connectivity index (χ2n) is 4.36. The third-order valence-electron chi connectivity index (χ3n) is 3.46. The van der Waals surface area contributed by atoms with Crippen molar-refractivity contribution in [1.29, 1.82) is 0 Å². The maximum atomic E-state index is 3.87. The SMILES string of the molecule is C=CCC1c2ccccc2NN(CC)[C@H]1C. The monoisotopic (exact) mass is 216 g/mol. The minimum Gasteiger partial charge on any atom is -0.318 e. The molecule has 0 radical (unpaired) electrons. The van der Waals surface area contributed by atoms with Gasteiger partial charge in [-0.05, 0) is 25.0 Å². The van der Waals surface area contributed by atoms with Crippen LogP contribution in [-0.4, -0.2) is 17.6 Å². The molecule has 0 saturated carbocycles. The quantitative estimate of drug-likeness (QED) is 0.779. The summed E-state index contributed by atoms with van der Waals surface area (Å²) < 4.78 is 0. The molecule has 86 valence electrons. The van der Waals surface area contributed by atoms with Crippen molar-refractivity contribution < 1.29 is 0 Å². The third kappa shape index (κ3) is 1.85. The van der Waals surface area contributed by atoms with E-state index in [1.807, 2.05) is 6.08 Å². The summed E-state index contributed by atoms with van der Waals surface area (Å²) in [6.07, 6.45) is 3.06. The molecule has 1 heterocycles. The number of nitrogens with zero attached hydrogens (tertiary/aromatic N) is 1. The molecule has 1 aliphatic rings. The van der Waals surface area contributed by atoms with Crippen LogP contribution in [0.3, 0.4) is 0 Å². The second-order valence-corrected chi connectivity index (χ2v) is 4.36. The lowest BCUT2D eigenvalue weighted by Gasteiger charge is -2.40. The number of hydrogen-bond acceptors (Lipinski definition) is 2. The molecule has 0 fully saturated rings. The van der Waals surface area contributed by atoms with Gasteiger partial charge in [-0.1, -0.05) is 31.2 Å². The van der Waals surface area contributed by atoms with E-state index in [2.05, 4.69) is 55.1 Å². The number of hydrazine groups is 1. The first-order valence-corrected chi connectivity index (χ1v) is 6.01. The van der Waals surface area contributed by atoms with Gasteiger partial charge in [0.05, 0.1) is 5.69 Å². The summed E-state index contributed by atoms with van der Waals surface area (Å²) in [5.41, 5.74) is 6.14. The van der Waals surface area contributed by atoms with Gasteiger partial charge in [-0.15, -0.1) is 6.58 Å². The fourth-order valence-corrected chi connectivity index (χ4v) is 2.53. The molecule has 0 spiro atoms. The van der Waals surface area contributed by atoms with Crippen LogP contribution < -0.4 is 5.43 Å². The molecule has 1 aliphatic heterocycles. The van der Waals surface area contributed by atoms with Crippen LogP contribution in [0.5, 0.6) is 0 Å². The Morgan fingerprint density at radius 3 is 2.88 bits per heavy atom. The Balaban J connectivity index is 2.37. The molecule has 0 aromatic heterocycles. The van der Waals surface area contributed by atoms with Crippen molar-refractivity contribution in [3.63, 3.8) is 0 Å². The zero-order valence-electron chi connectivity index (χ0n) is 10.1. The van der Waals surface area contributed by atoms with E-state index >= 15 is 0 Å². The van der Waals surface area contributed by atoms with E-state index in [1.54, 1.807) is 0 Å². The van der Waals surface area contributed by atoms with Crippen LogP contribution >= 0.6 is 0 Å². The third-order valence-corrected chi connectivity index (χ3v) is 3.46. The van der Waals surface area contributed by atoms with Crippen molar-refractivity contribution in [2.75, 3.05) is 12.0 Å². The average molecular weight is 216 g/mol. The number of hydrogen-bond donors (Lipinski definition) is 1. The van der Waals surface area contributed by atoms with E-state index < -0.39 is 0 Å². The molecule has 1 unspecified atom stereocenters. The summed E-state index contributed by atoms with van der Waals surface area (Å²) in [5.74, 6) is 0.551. The van der Waals surface area contributed by atoms with Crippen molar-refractivity contribution in [2.24, 2.45) is 0 Å². The minimum absolute atomic E-state index is 0.512. The number of benzene rings is 1. The van der Waals surface area contributed by atoms with Gasteiger partial charge in [-0.25, -0.2) is 5.01 Å². The number of para-hydroxylation sites is 1. The lowest BCUT2D eigenvalue weighted by atomic mass is 9.86. The molecule has 2 rings (SSSR count). The summed E-state index contributed by atoms with van der Waals surface area (Å²) in [4.78, 5) is 0. The average Bonchev–Trinajstić information content (AvgIpc) is 2.32. The number of rotatable bonds is 3. The van der Waals surface area contributed by atoms with Gasteiger partial charge in [0, 0.05) is 18.5 Å². The van der Waals surface area contributed by atoms with E-state index in [1.165, 1.54) is 11.3 Å². The lowest BCUT2D eigenvalue weighted by Crippen LogP contribution is -2.45. The molecular formula is C14H20N2. The summed E-state index contributed by atoms with van der Waals surface area (Å²) in [5, 5.41) is 2.30. The molecule has 1 aromatic carbocycles. The van der Waals surface area contributed by atoms with Crippen LogP contribution in [0, 0.1) is 0 Å². The highest BCUT2D eigenvalue weighted by Crippen LogP contribution is 2.36. The first-order chi connectivity index (χ1) is 7.77. The Morgan fingerprint density at radius 1 is 1.44 bits per heavy atom. The number of allylic oxidation sites excluding steroid dienone is 1. The van der Waals surface area contributed by atoms with E-state index in [0.29, 0.717) is 12.0 Å². The van der Waals surface area contributed by atoms with Crippen molar-refractivity contribution in [1.82, 2.24) is 5.01 Å². The molecule has 0 bridgehead atoms. The van der Waals surface area contributed by atoms with Gasteiger partial charge < -0.3 is 5.43 Å². The summed E-state index contributed by atoms with van der Waals surface area (Å²) in [6, 6.07) is 9.09. The highest BCUT2D eigenvalue weighted by Gasteiger charge is 2.29. The van der Waals surface area contributed by atoms with Gasteiger partial charge in [0.2, 0.25) is 0 Å². The van der Waals surface area contributed by atoms with Gasteiger partial charge in [0.1, 0.15) is 0 Å². The molecule has 2 nitrogen and oxygen atoms in total. The van der Waals surface area contributed by atoms with Gasteiger partial charge in [0.25, 0.3) is 0 Å². The first-order valence-electron chi connectivity index (χ1n) is 6.01. The van der Waals surface area contributed by atoms with E-state index in [9.17, 15) is 0 Å².